The largest absolute Gasteiger partial charge is 0.364 e. The van der Waals surface area contributed by atoms with E-state index in [2.05, 4.69) is 10.3 Å². The summed E-state index contributed by atoms with van der Waals surface area (Å²) in [5, 5.41) is 2.11. The number of aromatic amines is 1. The fraction of sp³-hybridized carbons (Fsp3) is 0.133. The first-order valence-electron chi connectivity index (χ1n) is 6.31. The average Bonchev–Trinajstić information content (AvgIpc) is 2.43. The molecule has 0 aliphatic carbocycles. The monoisotopic (exact) mass is 306 g/mol. The lowest BCUT2D eigenvalue weighted by Gasteiger charge is -2.08. The molecule has 0 unspecified atom stereocenters. The standard InChI is InChI=1S/C15H12F2N2O3/c1-7-12(8(2)20)14(21)9(6-18-7)15(22)19-11-5-3-4-10(16)13(11)17/h3-6H,1-2H3,(H,18,21)(H,19,22). The number of H-pyrrole nitrogens is 1. The van der Waals surface area contributed by atoms with Crippen molar-refractivity contribution in [2.24, 2.45) is 0 Å². The maximum Gasteiger partial charge on any atom is 0.261 e. The van der Waals surface area contributed by atoms with Crippen molar-refractivity contribution < 1.29 is 18.4 Å². The number of benzene rings is 1. The number of Topliss-reactive ketones (excluding diaryl/α,β-unsaturated/α-hetero) is 1. The minimum Gasteiger partial charge on any atom is -0.364 e. The summed E-state index contributed by atoms with van der Waals surface area (Å²) < 4.78 is 26.6. The van der Waals surface area contributed by atoms with Gasteiger partial charge in [0.15, 0.2) is 17.4 Å². The number of amides is 1. The molecule has 0 fully saturated rings. The van der Waals surface area contributed by atoms with Gasteiger partial charge in [0.05, 0.1) is 11.3 Å². The smallest absolute Gasteiger partial charge is 0.261 e. The third kappa shape index (κ3) is 2.78. The molecule has 0 spiro atoms. The van der Waals surface area contributed by atoms with Crippen LogP contribution >= 0.6 is 0 Å². The lowest BCUT2D eigenvalue weighted by atomic mass is 10.1. The Morgan fingerprint density at radius 2 is 1.91 bits per heavy atom. The van der Waals surface area contributed by atoms with E-state index in [0.29, 0.717) is 5.69 Å². The molecule has 1 amide bonds. The fourth-order valence-electron chi connectivity index (χ4n) is 2.01. The van der Waals surface area contributed by atoms with Crippen molar-refractivity contribution in [3.63, 3.8) is 0 Å². The van der Waals surface area contributed by atoms with Crippen LogP contribution in [0.2, 0.25) is 0 Å². The summed E-state index contributed by atoms with van der Waals surface area (Å²) in [6.45, 7) is 2.72. The van der Waals surface area contributed by atoms with E-state index >= 15 is 0 Å². The molecule has 1 aromatic carbocycles. The number of aromatic nitrogens is 1. The average molecular weight is 306 g/mol. The Kier molecular flexibility index (Phi) is 4.16. The summed E-state index contributed by atoms with van der Waals surface area (Å²) >= 11 is 0. The second-order valence-corrected chi connectivity index (χ2v) is 4.64. The molecular formula is C15H12F2N2O3. The van der Waals surface area contributed by atoms with E-state index in [-0.39, 0.29) is 11.1 Å². The van der Waals surface area contributed by atoms with Gasteiger partial charge in [-0.05, 0) is 26.0 Å². The SMILES string of the molecule is CC(=O)c1c(C)[nH]cc(C(=O)Nc2cccc(F)c2F)c1=O. The van der Waals surface area contributed by atoms with Crippen molar-refractivity contribution in [3.8, 4) is 0 Å². The van der Waals surface area contributed by atoms with E-state index in [4.69, 9.17) is 0 Å². The van der Waals surface area contributed by atoms with E-state index in [1.54, 1.807) is 0 Å². The van der Waals surface area contributed by atoms with Crippen LogP contribution in [0.25, 0.3) is 0 Å². The topological polar surface area (TPSA) is 79.0 Å². The van der Waals surface area contributed by atoms with E-state index < -0.39 is 34.4 Å². The second kappa shape index (κ2) is 5.88. The molecule has 0 saturated heterocycles. The maximum atomic E-state index is 13.5. The van der Waals surface area contributed by atoms with Gasteiger partial charge in [-0.3, -0.25) is 14.4 Å². The summed E-state index contributed by atoms with van der Waals surface area (Å²) in [6, 6.07) is 3.27. The number of ketones is 1. The number of hydrogen-bond donors (Lipinski definition) is 2. The molecule has 7 heteroatoms. The fourth-order valence-corrected chi connectivity index (χ4v) is 2.01. The predicted molar refractivity (Wildman–Crippen MR) is 76.1 cm³/mol. The molecule has 0 aliphatic heterocycles. The highest BCUT2D eigenvalue weighted by Gasteiger charge is 2.19. The van der Waals surface area contributed by atoms with Gasteiger partial charge in [-0.15, -0.1) is 0 Å². The zero-order chi connectivity index (χ0) is 16.4. The molecule has 0 saturated carbocycles. The lowest BCUT2D eigenvalue weighted by molar-refractivity contribution is 0.101. The number of carbonyl (C=O) groups excluding carboxylic acids is 2. The molecule has 0 atom stereocenters. The van der Waals surface area contributed by atoms with Gasteiger partial charge >= 0.3 is 0 Å². The summed E-state index contributed by atoms with van der Waals surface area (Å²) in [6.07, 6.45) is 1.12. The van der Waals surface area contributed by atoms with E-state index in [1.807, 2.05) is 0 Å². The van der Waals surface area contributed by atoms with Gasteiger partial charge in [-0.25, -0.2) is 8.78 Å². The Balaban J connectivity index is 2.43. The Hall–Kier alpha value is -2.83. The van der Waals surface area contributed by atoms with Gasteiger partial charge in [0.25, 0.3) is 5.91 Å². The van der Waals surface area contributed by atoms with Gasteiger partial charge < -0.3 is 10.3 Å². The van der Waals surface area contributed by atoms with Crippen molar-refractivity contribution in [2.75, 3.05) is 5.32 Å². The summed E-state index contributed by atoms with van der Waals surface area (Å²) in [5.74, 6) is -3.79. The third-order valence-corrected chi connectivity index (χ3v) is 3.08. The first kappa shape index (κ1) is 15.6. The number of hydrogen-bond acceptors (Lipinski definition) is 3. The summed E-state index contributed by atoms with van der Waals surface area (Å²) in [5.41, 5.74) is -1.34. The van der Waals surface area contributed by atoms with Crippen LogP contribution in [-0.2, 0) is 0 Å². The zero-order valence-electron chi connectivity index (χ0n) is 11.8. The van der Waals surface area contributed by atoms with Crippen LogP contribution in [0.1, 0.15) is 33.3 Å². The third-order valence-electron chi connectivity index (χ3n) is 3.08. The Morgan fingerprint density at radius 1 is 1.23 bits per heavy atom. The molecule has 114 valence electrons. The van der Waals surface area contributed by atoms with Crippen molar-refractivity contribution in [1.82, 2.24) is 4.98 Å². The first-order chi connectivity index (χ1) is 10.3. The second-order valence-electron chi connectivity index (χ2n) is 4.64. The van der Waals surface area contributed by atoms with Crippen LogP contribution in [0.3, 0.4) is 0 Å². The van der Waals surface area contributed by atoms with Crippen LogP contribution in [-0.4, -0.2) is 16.7 Å². The highest BCUT2D eigenvalue weighted by atomic mass is 19.2. The first-order valence-corrected chi connectivity index (χ1v) is 6.31. The van der Waals surface area contributed by atoms with Crippen molar-refractivity contribution in [2.45, 2.75) is 13.8 Å². The normalized spacial score (nSPS) is 10.4. The maximum absolute atomic E-state index is 13.5. The van der Waals surface area contributed by atoms with Crippen LogP contribution in [0.4, 0.5) is 14.5 Å². The van der Waals surface area contributed by atoms with E-state index in [9.17, 15) is 23.2 Å². The molecule has 0 radical (unpaired) electrons. The van der Waals surface area contributed by atoms with E-state index in [1.165, 1.54) is 19.9 Å². The Morgan fingerprint density at radius 3 is 2.55 bits per heavy atom. The number of pyridine rings is 1. The van der Waals surface area contributed by atoms with Crippen molar-refractivity contribution in [3.05, 3.63) is 63.1 Å². The minimum atomic E-state index is -1.23. The quantitative estimate of drug-likeness (QED) is 0.855. The zero-order valence-corrected chi connectivity index (χ0v) is 11.8. The molecule has 2 N–H and O–H groups in total. The lowest BCUT2D eigenvalue weighted by Crippen LogP contribution is -2.27. The molecule has 2 aromatic rings. The number of anilines is 1. The van der Waals surface area contributed by atoms with Gasteiger partial charge in [-0.2, -0.15) is 0 Å². The Bertz CT molecular complexity index is 828. The Labute approximate surface area is 124 Å². The molecule has 5 nitrogen and oxygen atoms in total. The number of rotatable bonds is 3. The van der Waals surface area contributed by atoms with Gasteiger partial charge in [0, 0.05) is 11.9 Å². The van der Waals surface area contributed by atoms with Crippen molar-refractivity contribution in [1.29, 1.82) is 0 Å². The molecular weight excluding hydrogens is 294 g/mol. The highest BCUT2D eigenvalue weighted by molar-refractivity contribution is 6.06. The number of nitrogens with one attached hydrogen (secondary N) is 2. The number of aryl methyl sites for hydroxylation is 1. The molecule has 1 heterocycles. The number of carbonyl (C=O) groups is 2. The van der Waals surface area contributed by atoms with Crippen LogP contribution in [0.15, 0.2) is 29.2 Å². The highest BCUT2D eigenvalue weighted by Crippen LogP contribution is 2.17. The van der Waals surface area contributed by atoms with Gasteiger partial charge in [0.1, 0.15) is 5.56 Å². The molecule has 2 rings (SSSR count). The molecule has 22 heavy (non-hydrogen) atoms. The summed E-state index contributed by atoms with van der Waals surface area (Å²) in [7, 11) is 0. The molecule has 1 aromatic heterocycles. The summed E-state index contributed by atoms with van der Waals surface area (Å²) in [4.78, 5) is 38.3. The van der Waals surface area contributed by atoms with Gasteiger partial charge in [0.2, 0.25) is 5.43 Å². The van der Waals surface area contributed by atoms with Gasteiger partial charge in [-0.1, -0.05) is 6.07 Å². The van der Waals surface area contributed by atoms with Crippen molar-refractivity contribution >= 4 is 17.4 Å². The predicted octanol–water partition coefficient (Wildman–Crippen LogP) is 2.42. The minimum absolute atomic E-state index is 0.146. The molecule has 0 aliphatic rings. The van der Waals surface area contributed by atoms with Crippen LogP contribution < -0.4 is 10.7 Å². The van der Waals surface area contributed by atoms with Crippen LogP contribution in [0, 0.1) is 18.6 Å². The van der Waals surface area contributed by atoms with E-state index in [0.717, 1.165) is 18.3 Å². The van der Waals surface area contributed by atoms with Crippen LogP contribution in [0.5, 0.6) is 0 Å². The number of halogens is 2. The molecule has 0 bridgehead atoms.